The molecule has 1 saturated heterocycles. The van der Waals surface area contributed by atoms with Crippen LogP contribution in [-0.2, 0) is 38.7 Å². The molecule has 0 aromatic heterocycles. The highest BCUT2D eigenvalue weighted by Crippen LogP contribution is 2.62. The Labute approximate surface area is 215 Å². The minimum atomic E-state index is -6.42. The lowest BCUT2D eigenvalue weighted by atomic mass is 9.49. The van der Waals surface area contributed by atoms with E-state index in [4.69, 9.17) is 18.8 Å². The Kier molecular flexibility index (Phi) is 5.72. The molecule has 212 valence electrons. The number of carbonyl (C=O) groups excluding carboxylic acids is 3. The molecule has 1 N–H and O–H groups in total. The van der Waals surface area contributed by atoms with Crippen LogP contribution in [0.4, 0.5) is 17.6 Å². The molecule has 6 saturated carbocycles. The number of ether oxygens (including phenoxy) is 3. The normalized spacial score (nSPS) is 42.9. The second-order valence-electron chi connectivity index (χ2n) is 12.2. The van der Waals surface area contributed by atoms with Crippen molar-refractivity contribution in [1.82, 2.24) is 0 Å². The summed E-state index contributed by atoms with van der Waals surface area (Å²) in [5, 5.41) is -5.78. The van der Waals surface area contributed by atoms with Crippen LogP contribution in [0.5, 0.6) is 0 Å². The van der Waals surface area contributed by atoms with Gasteiger partial charge in [-0.15, -0.1) is 0 Å². The lowest BCUT2D eigenvalue weighted by Gasteiger charge is -2.55. The van der Waals surface area contributed by atoms with Gasteiger partial charge in [-0.05, 0) is 62.7 Å². The molecular weight excluding hydrogens is 540 g/mol. The van der Waals surface area contributed by atoms with Gasteiger partial charge in [0.1, 0.15) is 12.2 Å². The van der Waals surface area contributed by atoms with Gasteiger partial charge in [-0.3, -0.25) is 18.9 Å². The van der Waals surface area contributed by atoms with Gasteiger partial charge in [0.25, 0.3) is 0 Å². The first-order valence-corrected chi connectivity index (χ1v) is 14.4. The first-order chi connectivity index (χ1) is 17.6. The molecular formula is C24H28F4O9S. The Morgan fingerprint density at radius 2 is 1.58 bits per heavy atom. The van der Waals surface area contributed by atoms with Crippen molar-refractivity contribution in [2.75, 3.05) is 6.61 Å². The predicted octanol–water partition coefficient (Wildman–Crippen LogP) is 2.97. The average molecular weight is 569 g/mol. The zero-order valence-electron chi connectivity index (χ0n) is 20.2. The zero-order chi connectivity index (χ0) is 27.4. The van der Waals surface area contributed by atoms with Crippen molar-refractivity contribution in [1.29, 1.82) is 0 Å². The minimum absolute atomic E-state index is 0.316. The minimum Gasteiger partial charge on any atom is -0.465 e. The van der Waals surface area contributed by atoms with Crippen molar-refractivity contribution in [2.45, 2.75) is 74.8 Å². The van der Waals surface area contributed by atoms with E-state index in [9.17, 15) is 40.4 Å². The van der Waals surface area contributed by atoms with E-state index in [1.807, 2.05) is 0 Å². The van der Waals surface area contributed by atoms with Crippen molar-refractivity contribution < 1.29 is 59.1 Å². The fraction of sp³-hybridized carbons (Fsp3) is 0.875. The topological polar surface area (TPSA) is 133 Å². The van der Waals surface area contributed by atoms with Gasteiger partial charge in [-0.1, -0.05) is 0 Å². The molecule has 6 atom stereocenters. The Bertz CT molecular complexity index is 1140. The average Bonchev–Trinajstić information content (AvgIpc) is 3.41. The molecule has 1 aliphatic heterocycles. The first-order valence-electron chi connectivity index (χ1n) is 12.9. The van der Waals surface area contributed by atoms with Gasteiger partial charge in [0.2, 0.25) is 0 Å². The summed E-state index contributed by atoms with van der Waals surface area (Å²) in [5.41, 5.74) is -0.585. The van der Waals surface area contributed by atoms with Crippen LogP contribution in [0.1, 0.15) is 51.4 Å². The quantitative estimate of drug-likeness (QED) is 0.203. The highest BCUT2D eigenvalue weighted by Gasteiger charge is 2.71. The molecule has 7 rings (SSSR count). The molecule has 1 heterocycles. The van der Waals surface area contributed by atoms with Crippen LogP contribution in [0.15, 0.2) is 0 Å². The Balaban J connectivity index is 1.14. The van der Waals surface area contributed by atoms with E-state index in [1.54, 1.807) is 0 Å². The second-order valence-corrected chi connectivity index (χ2v) is 13.7. The fourth-order valence-electron chi connectivity index (χ4n) is 8.79. The smallest absolute Gasteiger partial charge is 0.431 e. The third kappa shape index (κ3) is 3.71. The van der Waals surface area contributed by atoms with Crippen LogP contribution in [0.2, 0.25) is 0 Å². The Morgan fingerprint density at radius 1 is 1.00 bits per heavy atom. The summed E-state index contributed by atoms with van der Waals surface area (Å²) in [5.74, 6) is -9.11. The van der Waals surface area contributed by atoms with Gasteiger partial charge in [0, 0.05) is 11.8 Å². The van der Waals surface area contributed by atoms with Gasteiger partial charge in [0.05, 0.1) is 30.3 Å². The van der Waals surface area contributed by atoms with Crippen LogP contribution in [0, 0.1) is 46.8 Å². The SMILES string of the molecule is O=C1OC2C3CC(C2OC(=O)C24CC5CC(CC(C5)C2)C4)C(C(=O)OCCC(F)(F)C(F)(F)S(=O)(=O)O)C13. The second kappa shape index (κ2) is 8.28. The van der Waals surface area contributed by atoms with E-state index >= 15 is 0 Å². The van der Waals surface area contributed by atoms with E-state index in [-0.39, 0.29) is 5.97 Å². The Morgan fingerprint density at radius 3 is 2.13 bits per heavy atom. The van der Waals surface area contributed by atoms with Crippen molar-refractivity contribution in [3.63, 3.8) is 0 Å². The van der Waals surface area contributed by atoms with Crippen molar-refractivity contribution >= 4 is 28.0 Å². The summed E-state index contributed by atoms with van der Waals surface area (Å²) in [6.07, 6.45) is 2.43. The maximum atomic E-state index is 13.8. The lowest BCUT2D eigenvalue weighted by Crippen LogP contribution is -2.53. The Hall–Kier alpha value is -1.96. The van der Waals surface area contributed by atoms with E-state index in [0.717, 1.165) is 38.5 Å². The van der Waals surface area contributed by atoms with Crippen LogP contribution in [-0.4, -0.2) is 60.9 Å². The molecule has 0 amide bonds. The molecule has 6 unspecified atom stereocenters. The highest BCUT2D eigenvalue weighted by molar-refractivity contribution is 7.87. The number of halogens is 4. The molecule has 6 aliphatic carbocycles. The summed E-state index contributed by atoms with van der Waals surface area (Å²) in [6, 6.07) is 0. The number of fused-ring (bicyclic) bond motifs is 1. The van der Waals surface area contributed by atoms with Gasteiger partial charge in [-0.25, -0.2) is 0 Å². The summed E-state index contributed by atoms with van der Waals surface area (Å²) >= 11 is 0. The molecule has 0 aromatic carbocycles. The molecule has 0 spiro atoms. The van der Waals surface area contributed by atoms with Crippen LogP contribution < -0.4 is 0 Å². The highest BCUT2D eigenvalue weighted by atomic mass is 32.2. The summed E-state index contributed by atoms with van der Waals surface area (Å²) in [4.78, 5) is 39.0. The molecule has 6 bridgehead atoms. The molecule has 38 heavy (non-hydrogen) atoms. The number of carbonyl (C=O) groups is 3. The van der Waals surface area contributed by atoms with Gasteiger partial charge in [-0.2, -0.15) is 26.0 Å². The maximum Gasteiger partial charge on any atom is 0.431 e. The van der Waals surface area contributed by atoms with Gasteiger partial charge >= 0.3 is 39.2 Å². The van der Waals surface area contributed by atoms with Crippen LogP contribution in [0.3, 0.4) is 0 Å². The fourth-order valence-corrected chi connectivity index (χ4v) is 9.27. The first kappa shape index (κ1) is 26.3. The molecule has 0 radical (unpaired) electrons. The lowest BCUT2D eigenvalue weighted by molar-refractivity contribution is -0.188. The monoisotopic (exact) mass is 568 g/mol. The third-order valence-electron chi connectivity index (χ3n) is 9.94. The third-order valence-corrected chi connectivity index (χ3v) is 10.9. The van der Waals surface area contributed by atoms with Crippen LogP contribution >= 0.6 is 0 Å². The van der Waals surface area contributed by atoms with E-state index in [2.05, 4.69) is 0 Å². The molecule has 0 aromatic rings. The maximum absolute atomic E-state index is 13.8. The molecule has 9 nitrogen and oxygen atoms in total. The van der Waals surface area contributed by atoms with Crippen molar-refractivity contribution in [3.8, 4) is 0 Å². The van der Waals surface area contributed by atoms with E-state index in [0.29, 0.717) is 24.2 Å². The molecule has 7 aliphatic rings. The number of rotatable bonds is 8. The summed E-state index contributed by atoms with van der Waals surface area (Å²) < 4.78 is 100. The number of esters is 3. The van der Waals surface area contributed by atoms with Crippen molar-refractivity contribution in [2.24, 2.45) is 46.8 Å². The summed E-state index contributed by atoms with van der Waals surface area (Å²) in [6.45, 7) is -1.28. The van der Waals surface area contributed by atoms with Crippen LogP contribution in [0.25, 0.3) is 0 Å². The number of alkyl halides is 4. The number of hydrogen-bond donors (Lipinski definition) is 1. The number of hydrogen-bond acceptors (Lipinski definition) is 8. The zero-order valence-corrected chi connectivity index (χ0v) is 21.0. The van der Waals surface area contributed by atoms with Gasteiger partial charge in [0.15, 0.2) is 0 Å². The summed E-state index contributed by atoms with van der Waals surface area (Å²) in [7, 11) is -6.42. The van der Waals surface area contributed by atoms with Crippen molar-refractivity contribution in [3.05, 3.63) is 0 Å². The van der Waals surface area contributed by atoms with Gasteiger partial charge < -0.3 is 14.2 Å². The molecule has 14 heteroatoms. The largest absolute Gasteiger partial charge is 0.465 e. The molecule has 7 fully saturated rings. The van der Waals surface area contributed by atoms with E-state index < -0.39 is 87.6 Å². The predicted molar refractivity (Wildman–Crippen MR) is 116 cm³/mol. The van der Waals surface area contributed by atoms with E-state index in [1.165, 1.54) is 0 Å². The standard InChI is InChI=1S/C24H28F4O9S/c25-23(26,24(27,28)38(32,33)34)1-2-35-19(29)15-13-6-14-16(15)20(30)36-17(14)18(13)37-21(31)22-7-10-3-11(8-22)5-12(4-10)9-22/h10-18H,1-9H2,(H,32,33,34).